The predicted molar refractivity (Wildman–Crippen MR) is 163 cm³/mol. The normalized spacial score (nSPS) is 12.0. The number of carbonyl (C=O) groups excluding carboxylic acids is 3. The van der Waals surface area contributed by atoms with Crippen LogP contribution in [0.25, 0.3) is 0 Å². The molecule has 12 heteroatoms. The second kappa shape index (κ2) is 15.9. The maximum Gasteiger partial charge on any atom is 0.323 e. The number of ether oxygens (including phenoxy) is 2. The molecule has 0 aromatic heterocycles. The van der Waals surface area contributed by atoms with Gasteiger partial charge in [-0.1, -0.05) is 32.0 Å². The number of hydrogen-bond acceptors (Lipinski definition) is 6. The lowest BCUT2D eigenvalue weighted by Gasteiger charge is -2.24. The number of rotatable bonds is 14. The summed E-state index contributed by atoms with van der Waals surface area (Å²) in [5.74, 6) is -1.54. The van der Waals surface area contributed by atoms with E-state index in [2.05, 4.69) is 21.3 Å². The highest BCUT2D eigenvalue weighted by molar-refractivity contribution is 5.99. The monoisotopic (exact) mass is 608 g/mol. The van der Waals surface area contributed by atoms with Crippen molar-refractivity contribution in [2.75, 3.05) is 24.9 Å². The highest BCUT2D eigenvalue weighted by Gasteiger charge is 2.27. The number of methoxy groups -OCH3 is 2. The Hall–Kier alpha value is -5.13. The van der Waals surface area contributed by atoms with Gasteiger partial charge >= 0.3 is 12.0 Å². The van der Waals surface area contributed by atoms with Crippen molar-refractivity contribution in [1.29, 1.82) is 0 Å². The molecule has 0 saturated carbocycles. The average molecular weight is 609 g/mol. The lowest BCUT2D eigenvalue weighted by molar-refractivity contribution is -0.138. The number of benzene rings is 3. The van der Waals surface area contributed by atoms with Gasteiger partial charge in [0.1, 0.15) is 11.9 Å². The molecule has 44 heavy (non-hydrogen) atoms. The summed E-state index contributed by atoms with van der Waals surface area (Å²) in [6.45, 7) is 3.82. The van der Waals surface area contributed by atoms with Gasteiger partial charge < -0.3 is 35.8 Å². The van der Waals surface area contributed by atoms with Crippen molar-refractivity contribution in [3.63, 3.8) is 0 Å². The summed E-state index contributed by atoms with van der Waals surface area (Å²) in [6.07, 6.45) is -0.0840. The fourth-order valence-electron chi connectivity index (χ4n) is 4.43. The Morgan fingerprint density at radius 1 is 0.818 bits per heavy atom. The molecule has 0 unspecified atom stereocenters. The third-order valence-electron chi connectivity index (χ3n) is 6.54. The number of hydrogen-bond donors (Lipinski definition) is 5. The first-order valence-corrected chi connectivity index (χ1v) is 13.9. The highest BCUT2D eigenvalue weighted by atomic mass is 19.1. The predicted octanol–water partition coefficient (Wildman–Crippen LogP) is 4.89. The number of carboxylic acid groups (broad SMARTS) is 1. The molecular weight excluding hydrogens is 571 g/mol. The number of aliphatic carboxylic acids is 1. The van der Waals surface area contributed by atoms with Crippen LogP contribution in [0.1, 0.15) is 43.9 Å². The molecule has 0 aliphatic carbocycles. The van der Waals surface area contributed by atoms with Gasteiger partial charge in [-0.15, -0.1) is 0 Å². The zero-order valence-corrected chi connectivity index (χ0v) is 25.0. The van der Waals surface area contributed by atoms with E-state index in [-0.39, 0.29) is 18.8 Å². The third-order valence-corrected chi connectivity index (χ3v) is 6.54. The molecule has 0 heterocycles. The summed E-state index contributed by atoms with van der Waals surface area (Å²) in [6, 6.07) is 14.5. The molecule has 3 rings (SSSR count). The summed E-state index contributed by atoms with van der Waals surface area (Å²) in [5.41, 5.74) is 2.05. The van der Waals surface area contributed by atoms with Crippen molar-refractivity contribution >= 4 is 35.2 Å². The Morgan fingerprint density at radius 2 is 1.41 bits per heavy atom. The SMILES string of the molecule is COc1ccc([C@H](CC(=O)O)NC(=O)[C@H](CC(C)C)NC(=O)Cc2ccc(NC(=O)Nc3ccc(F)cc3)cc2)cc1OC. The first-order valence-electron chi connectivity index (χ1n) is 13.9. The van der Waals surface area contributed by atoms with Gasteiger partial charge in [0, 0.05) is 11.4 Å². The topological polar surface area (TPSA) is 155 Å². The van der Waals surface area contributed by atoms with E-state index >= 15 is 0 Å². The van der Waals surface area contributed by atoms with Gasteiger partial charge in [0.05, 0.1) is 33.1 Å². The van der Waals surface area contributed by atoms with Crippen LogP contribution in [0, 0.1) is 11.7 Å². The van der Waals surface area contributed by atoms with Crippen LogP contribution in [0.15, 0.2) is 66.7 Å². The van der Waals surface area contributed by atoms with Crippen LogP contribution >= 0.6 is 0 Å². The summed E-state index contributed by atoms with van der Waals surface area (Å²) in [5, 5.41) is 20.3. The van der Waals surface area contributed by atoms with Crippen molar-refractivity contribution in [3.05, 3.63) is 83.7 Å². The zero-order valence-electron chi connectivity index (χ0n) is 25.0. The van der Waals surface area contributed by atoms with E-state index in [0.29, 0.717) is 40.4 Å². The Kier molecular flexibility index (Phi) is 12.1. The van der Waals surface area contributed by atoms with Crippen LogP contribution in [-0.2, 0) is 20.8 Å². The standard InChI is InChI=1S/C32H37FN4O7/c1-19(2)15-26(31(41)37-25(18-30(39)40)21-7-14-27(43-3)28(17-21)44-4)36-29(38)16-20-5-10-23(11-6-20)34-32(42)35-24-12-8-22(33)9-13-24/h5-14,17,19,25-26H,15-16,18H2,1-4H3,(H,36,38)(H,37,41)(H,39,40)(H2,34,35,42)/t25-,26-/m0/s1. The number of halogens is 1. The maximum atomic E-state index is 13.4. The molecule has 0 radical (unpaired) electrons. The van der Waals surface area contributed by atoms with Gasteiger partial charge in [-0.2, -0.15) is 0 Å². The highest BCUT2D eigenvalue weighted by Crippen LogP contribution is 2.31. The Morgan fingerprint density at radius 3 is 1.95 bits per heavy atom. The summed E-state index contributed by atoms with van der Waals surface area (Å²) >= 11 is 0. The summed E-state index contributed by atoms with van der Waals surface area (Å²) in [4.78, 5) is 50.2. The van der Waals surface area contributed by atoms with E-state index in [1.807, 2.05) is 13.8 Å². The van der Waals surface area contributed by atoms with Crippen LogP contribution in [-0.4, -0.2) is 49.2 Å². The van der Waals surface area contributed by atoms with E-state index in [0.717, 1.165) is 0 Å². The van der Waals surface area contributed by atoms with E-state index in [9.17, 15) is 28.7 Å². The van der Waals surface area contributed by atoms with Crippen molar-refractivity contribution in [2.24, 2.45) is 5.92 Å². The molecule has 0 bridgehead atoms. The van der Waals surface area contributed by atoms with E-state index in [1.165, 1.54) is 38.5 Å². The zero-order chi connectivity index (χ0) is 32.2. The second-order valence-corrected chi connectivity index (χ2v) is 10.5. The van der Waals surface area contributed by atoms with Crippen molar-refractivity contribution in [2.45, 2.75) is 45.2 Å². The molecule has 234 valence electrons. The molecule has 0 aliphatic rings. The number of anilines is 2. The fraction of sp³-hybridized carbons (Fsp3) is 0.312. The Bertz CT molecular complexity index is 1450. The van der Waals surface area contributed by atoms with Crippen molar-refractivity contribution < 1.29 is 38.1 Å². The summed E-state index contributed by atoms with van der Waals surface area (Å²) in [7, 11) is 2.94. The van der Waals surface area contributed by atoms with E-state index < -0.39 is 41.7 Å². The largest absolute Gasteiger partial charge is 0.493 e. The molecule has 0 spiro atoms. The van der Waals surface area contributed by atoms with Crippen LogP contribution < -0.4 is 30.7 Å². The molecule has 4 amide bonds. The Balaban J connectivity index is 1.64. The van der Waals surface area contributed by atoms with Gasteiger partial charge in [0.25, 0.3) is 0 Å². The quantitative estimate of drug-likeness (QED) is 0.175. The number of carboxylic acids is 1. The Labute approximate surface area is 255 Å². The minimum absolute atomic E-state index is 0.0296. The van der Waals surface area contributed by atoms with Gasteiger partial charge in [-0.05, 0) is 72.0 Å². The average Bonchev–Trinajstić information content (AvgIpc) is 2.97. The van der Waals surface area contributed by atoms with Crippen molar-refractivity contribution in [1.82, 2.24) is 10.6 Å². The van der Waals surface area contributed by atoms with Gasteiger partial charge in [0.2, 0.25) is 11.8 Å². The smallest absolute Gasteiger partial charge is 0.323 e. The molecule has 3 aromatic rings. The lowest BCUT2D eigenvalue weighted by atomic mass is 9.99. The molecule has 3 aromatic carbocycles. The third kappa shape index (κ3) is 10.3. The number of nitrogens with one attached hydrogen (secondary N) is 4. The molecule has 0 aliphatic heterocycles. The lowest BCUT2D eigenvalue weighted by Crippen LogP contribution is -2.49. The summed E-state index contributed by atoms with van der Waals surface area (Å²) < 4.78 is 23.6. The van der Waals surface area contributed by atoms with Crippen molar-refractivity contribution in [3.8, 4) is 11.5 Å². The van der Waals surface area contributed by atoms with Crippen LogP contribution in [0.5, 0.6) is 11.5 Å². The van der Waals surface area contributed by atoms with E-state index in [4.69, 9.17) is 9.47 Å². The first-order chi connectivity index (χ1) is 21.0. The maximum absolute atomic E-state index is 13.4. The van der Waals surface area contributed by atoms with Crippen LogP contribution in [0.2, 0.25) is 0 Å². The van der Waals surface area contributed by atoms with Gasteiger partial charge in [-0.3, -0.25) is 14.4 Å². The number of urea groups is 1. The van der Waals surface area contributed by atoms with Crippen LogP contribution in [0.3, 0.4) is 0 Å². The molecule has 0 fully saturated rings. The van der Waals surface area contributed by atoms with E-state index in [1.54, 1.807) is 42.5 Å². The molecular formula is C32H37FN4O7. The fourth-order valence-corrected chi connectivity index (χ4v) is 4.43. The molecule has 0 saturated heterocycles. The minimum Gasteiger partial charge on any atom is -0.493 e. The number of amides is 4. The minimum atomic E-state index is -1.11. The molecule has 5 N–H and O–H groups in total. The molecule has 2 atom stereocenters. The number of carbonyl (C=O) groups is 4. The van der Waals surface area contributed by atoms with Crippen LogP contribution in [0.4, 0.5) is 20.6 Å². The molecule has 11 nitrogen and oxygen atoms in total. The van der Waals surface area contributed by atoms with Gasteiger partial charge in [0.15, 0.2) is 11.5 Å². The van der Waals surface area contributed by atoms with Gasteiger partial charge in [-0.25, -0.2) is 9.18 Å². The second-order valence-electron chi connectivity index (χ2n) is 10.5. The first kappa shape index (κ1) is 33.4.